The molecule has 0 bridgehead atoms. The average Bonchev–Trinajstić information content (AvgIpc) is 2.75. The molecule has 0 fully saturated rings. The van der Waals surface area contributed by atoms with Crippen molar-refractivity contribution in [1.29, 1.82) is 0 Å². The molecule has 2 atom stereocenters. The second-order valence-corrected chi connectivity index (χ2v) is 5.39. The fraction of sp³-hybridized carbons (Fsp3) is 0.786. The van der Waals surface area contributed by atoms with E-state index in [4.69, 9.17) is 0 Å². The average molecular weight is 237 g/mol. The standard InChI is InChI=1S/C14H27N3/c1-6-17-14(7-8-16-17)13(5)12(4)10-15-9-11(2)3/h7-8,11-13,15H,6,9-10H2,1-5H3. The lowest BCUT2D eigenvalue weighted by Gasteiger charge is -2.21. The van der Waals surface area contributed by atoms with E-state index < -0.39 is 0 Å². The molecule has 0 aliphatic rings. The minimum absolute atomic E-state index is 0.553. The molecule has 1 N–H and O–H groups in total. The van der Waals surface area contributed by atoms with Crippen LogP contribution in [-0.2, 0) is 6.54 Å². The van der Waals surface area contributed by atoms with Gasteiger partial charge < -0.3 is 5.32 Å². The quantitative estimate of drug-likeness (QED) is 0.790. The molecule has 0 aromatic carbocycles. The molecule has 0 aliphatic heterocycles. The number of aromatic nitrogens is 2. The third-order valence-electron chi connectivity index (χ3n) is 3.39. The van der Waals surface area contributed by atoms with Gasteiger partial charge >= 0.3 is 0 Å². The Balaban J connectivity index is 2.48. The third kappa shape index (κ3) is 4.15. The van der Waals surface area contributed by atoms with Crippen molar-refractivity contribution < 1.29 is 0 Å². The summed E-state index contributed by atoms with van der Waals surface area (Å²) in [5, 5.41) is 7.88. The van der Waals surface area contributed by atoms with E-state index >= 15 is 0 Å². The van der Waals surface area contributed by atoms with Gasteiger partial charge in [-0.2, -0.15) is 5.10 Å². The number of aryl methyl sites for hydroxylation is 1. The van der Waals surface area contributed by atoms with Crippen molar-refractivity contribution in [2.45, 2.75) is 47.1 Å². The topological polar surface area (TPSA) is 29.9 Å². The van der Waals surface area contributed by atoms with Gasteiger partial charge in [-0.25, -0.2) is 0 Å². The van der Waals surface area contributed by atoms with E-state index in [2.05, 4.69) is 55.8 Å². The fourth-order valence-electron chi connectivity index (χ4n) is 2.06. The number of nitrogens with zero attached hydrogens (tertiary/aromatic N) is 2. The number of hydrogen-bond acceptors (Lipinski definition) is 2. The Morgan fingerprint density at radius 2 is 1.94 bits per heavy atom. The Bertz CT molecular complexity index is 317. The largest absolute Gasteiger partial charge is 0.316 e. The van der Waals surface area contributed by atoms with Gasteiger partial charge in [-0.1, -0.05) is 27.7 Å². The molecule has 3 heteroatoms. The summed E-state index contributed by atoms with van der Waals surface area (Å²) in [6, 6.07) is 2.15. The normalized spacial score (nSPS) is 15.2. The molecule has 1 aromatic heterocycles. The molecule has 98 valence electrons. The van der Waals surface area contributed by atoms with Gasteiger partial charge in [0.1, 0.15) is 0 Å². The van der Waals surface area contributed by atoms with Gasteiger partial charge in [-0.05, 0) is 37.9 Å². The van der Waals surface area contributed by atoms with Crippen LogP contribution in [0.2, 0.25) is 0 Å². The van der Waals surface area contributed by atoms with Crippen LogP contribution in [0.3, 0.4) is 0 Å². The lowest BCUT2D eigenvalue weighted by Crippen LogP contribution is -2.28. The van der Waals surface area contributed by atoms with Crippen LogP contribution < -0.4 is 5.32 Å². The smallest absolute Gasteiger partial charge is 0.0492 e. The molecular weight excluding hydrogens is 210 g/mol. The zero-order valence-corrected chi connectivity index (χ0v) is 11.9. The van der Waals surface area contributed by atoms with Crippen LogP contribution in [0, 0.1) is 11.8 Å². The first kappa shape index (κ1) is 14.2. The zero-order valence-electron chi connectivity index (χ0n) is 11.9. The summed E-state index contributed by atoms with van der Waals surface area (Å²) in [6.45, 7) is 14.4. The minimum atomic E-state index is 0.553. The van der Waals surface area contributed by atoms with Gasteiger partial charge in [0.25, 0.3) is 0 Å². The van der Waals surface area contributed by atoms with Gasteiger partial charge in [-0.15, -0.1) is 0 Å². The first-order valence-corrected chi connectivity index (χ1v) is 6.78. The molecule has 0 aliphatic carbocycles. The first-order chi connectivity index (χ1) is 8.06. The van der Waals surface area contributed by atoms with E-state index in [9.17, 15) is 0 Å². The maximum atomic E-state index is 4.34. The van der Waals surface area contributed by atoms with Crippen molar-refractivity contribution in [3.8, 4) is 0 Å². The SMILES string of the molecule is CCn1nccc1C(C)C(C)CNCC(C)C. The summed E-state index contributed by atoms with van der Waals surface area (Å²) in [7, 11) is 0. The fourth-order valence-corrected chi connectivity index (χ4v) is 2.06. The Kier molecular flexibility index (Phi) is 5.69. The Hall–Kier alpha value is -0.830. The van der Waals surface area contributed by atoms with E-state index in [1.807, 2.05) is 6.20 Å². The summed E-state index contributed by atoms with van der Waals surface area (Å²) >= 11 is 0. The second-order valence-electron chi connectivity index (χ2n) is 5.39. The number of hydrogen-bond donors (Lipinski definition) is 1. The predicted octanol–water partition coefficient (Wildman–Crippen LogP) is 2.89. The maximum absolute atomic E-state index is 4.34. The van der Waals surface area contributed by atoms with Crippen molar-refractivity contribution in [2.24, 2.45) is 11.8 Å². The maximum Gasteiger partial charge on any atom is 0.0492 e. The van der Waals surface area contributed by atoms with Crippen molar-refractivity contribution >= 4 is 0 Å². The lowest BCUT2D eigenvalue weighted by atomic mass is 9.92. The zero-order chi connectivity index (χ0) is 12.8. The van der Waals surface area contributed by atoms with Gasteiger partial charge in [0.15, 0.2) is 0 Å². The van der Waals surface area contributed by atoms with Gasteiger partial charge in [0.2, 0.25) is 0 Å². The van der Waals surface area contributed by atoms with Crippen molar-refractivity contribution in [3.05, 3.63) is 18.0 Å². The molecule has 0 spiro atoms. The highest BCUT2D eigenvalue weighted by Crippen LogP contribution is 2.23. The highest BCUT2D eigenvalue weighted by molar-refractivity contribution is 5.08. The molecule has 0 saturated carbocycles. The number of rotatable bonds is 7. The molecule has 0 amide bonds. The second kappa shape index (κ2) is 6.80. The Labute approximate surface area is 106 Å². The summed E-state index contributed by atoms with van der Waals surface area (Å²) in [5.41, 5.74) is 1.35. The molecule has 1 heterocycles. The van der Waals surface area contributed by atoms with Crippen LogP contribution in [0.5, 0.6) is 0 Å². The molecule has 1 rings (SSSR count). The summed E-state index contributed by atoms with van der Waals surface area (Å²) in [6.07, 6.45) is 1.91. The van der Waals surface area contributed by atoms with Crippen molar-refractivity contribution in [1.82, 2.24) is 15.1 Å². The highest BCUT2D eigenvalue weighted by Gasteiger charge is 2.17. The van der Waals surface area contributed by atoms with Crippen molar-refractivity contribution in [3.63, 3.8) is 0 Å². The van der Waals surface area contributed by atoms with Gasteiger partial charge in [0.05, 0.1) is 0 Å². The molecule has 0 radical (unpaired) electrons. The van der Waals surface area contributed by atoms with Crippen LogP contribution >= 0.6 is 0 Å². The van der Waals surface area contributed by atoms with Crippen LogP contribution in [0.15, 0.2) is 12.3 Å². The molecule has 0 saturated heterocycles. The lowest BCUT2D eigenvalue weighted by molar-refractivity contribution is 0.410. The molecule has 2 unspecified atom stereocenters. The summed E-state index contributed by atoms with van der Waals surface area (Å²) < 4.78 is 2.10. The minimum Gasteiger partial charge on any atom is -0.316 e. The summed E-state index contributed by atoms with van der Waals surface area (Å²) in [4.78, 5) is 0. The Morgan fingerprint density at radius 3 is 2.53 bits per heavy atom. The highest BCUT2D eigenvalue weighted by atomic mass is 15.3. The third-order valence-corrected chi connectivity index (χ3v) is 3.39. The summed E-state index contributed by atoms with van der Waals surface area (Å²) in [5.74, 6) is 1.91. The van der Waals surface area contributed by atoms with E-state index in [1.165, 1.54) is 5.69 Å². The van der Waals surface area contributed by atoms with E-state index in [0.717, 1.165) is 25.6 Å². The van der Waals surface area contributed by atoms with E-state index in [-0.39, 0.29) is 0 Å². The molecular formula is C14H27N3. The van der Waals surface area contributed by atoms with Crippen LogP contribution in [-0.4, -0.2) is 22.9 Å². The predicted molar refractivity (Wildman–Crippen MR) is 73.2 cm³/mol. The van der Waals surface area contributed by atoms with Gasteiger partial charge in [0, 0.05) is 24.4 Å². The van der Waals surface area contributed by atoms with E-state index in [1.54, 1.807) is 0 Å². The van der Waals surface area contributed by atoms with Crippen LogP contribution in [0.1, 0.15) is 46.2 Å². The van der Waals surface area contributed by atoms with Crippen LogP contribution in [0.25, 0.3) is 0 Å². The van der Waals surface area contributed by atoms with Crippen LogP contribution in [0.4, 0.5) is 0 Å². The monoisotopic (exact) mass is 237 g/mol. The van der Waals surface area contributed by atoms with Crippen molar-refractivity contribution in [2.75, 3.05) is 13.1 Å². The molecule has 17 heavy (non-hydrogen) atoms. The molecule has 3 nitrogen and oxygen atoms in total. The molecule has 1 aromatic rings. The first-order valence-electron chi connectivity index (χ1n) is 6.78. The van der Waals surface area contributed by atoms with E-state index in [0.29, 0.717) is 11.8 Å². The number of nitrogens with one attached hydrogen (secondary N) is 1. The Morgan fingerprint density at radius 1 is 1.24 bits per heavy atom. The van der Waals surface area contributed by atoms with Gasteiger partial charge in [-0.3, -0.25) is 4.68 Å².